The maximum atomic E-state index is 14.4. The van der Waals surface area contributed by atoms with Gasteiger partial charge in [0.25, 0.3) is 0 Å². The van der Waals surface area contributed by atoms with E-state index in [2.05, 4.69) is 72.2 Å². The largest absolute Gasteiger partial charge is 0.374 e. The minimum Gasteiger partial charge on any atom is -0.374 e. The number of rotatable bonds is 9. The number of aryl methyl sites for hydroxylation is 2. The molecule has 1 aliphatic rings. The van der Waals surface area contributed by atoms with Gasteiger partial charge in [0.2, 0.25) is 5.67 Å². The molecule has 0 N–H and O–H groups in total. The van der Waals surface area contributed by atoms with Crippen molar-refractivity contribution in [1.82, 2.24) is 24.3 Å². The van der Waals surface area contributed by atoms with Gasteiger partial charge in [-0.3, -0.25) is 4.57 Å². The van der Waals surface area contributed by atoms with E-state index < -0.39 is 5.67 Å². The number of alkyl halides is 1. The molecule has 39 heavy (non-hydrogen) atoms. The summed E-state index contributed by atoms with van der Waals surface area (Å²) in [6.07, 6.45) is 5.81. The predicted molar refractivity (Wildman–Crippen MR) is 150 cm³/mol. The molecule has 5 rings (SSSR count). The average Bonchev–Trinajstić information content (AvgIpc) is 3.21. The Morgan fingerprint density at radius 2 is 1.56 bits per heavy atom. The third kappa shape index (κ3) is 5.86. The Balaban J connectivity index is 1.19. The molecule has 0 saturated carbocycles. The smallest absolute Gasteiger partial charge is 0.346 e. The predicted octanol–water partition coefficient (Wildman–Crippen LogP) is 5.24. The second-order valence-electron chi connectivity index (χ2n) is 11.4. The normalized spacial score (nSPS) is 14.8. The molecule has 1 saturated heterocycles. The summed E-state index contributed by atoms with van der Waals surface area (Å²) in [5.41, 5.74) is 3.85. The zero-order valence-electron chi connectivity index (χ0n) is 23.2. The van der Waals surface area contributed by atoms with Crippen molar-refractivity contribution < 1.29 is 9.13 Å². The highest BCUT2D eigenvalue weighted by molar-refractivity contribution is 5.61. The minimum atomic E-state index is -1.56. The van der Waals surface area contributed by atoms with Crippen molar-refractivity contribution >= 4 is 0 Å². The molecular formula is C31H36FN5O2. The van der Waals surface area contributed by atoms with Crippen LogP contribution in [0.4, 0.5) is 4.39 Å². The molecule has 0 atom stereocenters. The quantitative estimate of drug-likeness (QED) is 0.297. The molecule has 0 spiro atoms. The van der Waals surface area contributed by atoms with E-state index in [4.69, 9.17) is 4.74 Å². The summed E-state index contributed by atoms with van der Waals surface area (Å²) in [7, 11) is 0. The van der Waals surface area contributed by atoms with Gasteiger partial charge in [0.05, 0.1) is 19.8 Å². The molecule has 0 aliphatic carbocycles. The zero-order valence-corrected chi connectivity index (χ0v) is 23.2. The van der Waals surface area contributed by atoms with E-state index in [0.29, 0.717) is 13.1 Å². The van der Waals surface area contributed by atoms with Crippen LogP contribution in [-0.2, 0) is 41.8 Å². The maximum Gasteiger partial charge on any atom is 0.346 e. The van der Waals surface area contributed by atoms with Gasteiger partial charge in [0.1, 0.15) is 5.82 Å². The van der Waals surface area contributed by atoms with Gasteiger partial charge >= 0.3 is 5.69 Å². The molecule has 1 fully saturated rings. The summed E-state index contributed by atoms with van der Waals surface area (Å²) in [6, 6.07) is 16.7. The molecule has 0 amide bonds. The lowest BCUT2D eigenvalue weighted by Gasteiger charge is -2.31. The van der Waals surface area contributed by atoms with E-state index in [0.717, 1.165) is 41.8 Å². The first-order valence-electron chi connectivity index (χ1n) is 13.6. The molecule has 2 aromatic carbocycles. The average molecular weight is 530 g/mol. The van der Waals surface area contributed by atoms with Crippen LogP contribution in [-0.4, -0.2) is 37.5 Å². The van der Waals surface area contributed by atoms with Crippen molar-refractivity contribution in [3.63, 3.8) is 0 Å². The zero-order chi connectivity index (χ0) is 27.6. The first-order chi connectivity index (χ1) is 18.7. The number of halogens is 1. The molecule has 204 valence electrons. The van der Waals surface area contributed by atoms with E-state index in [1.165, 1.54) is 11.1 Å². The number of ether oxygens (including phenoxy) is 1. The van der Waals surface area contributed by atoms with Crippen molar-refractivity contribution in [3.8, 4) is 11.1 Å². The van der Waals surface area contributed by atoms with E-state index in [1.54, 1.807) is 21.6 Å². The van der Waals surface area contributed by atoms with Crippen LogP contribution >= 0.6 is 0 Å². The number of aromatic nitrogens is 5. The monoisotopic (exact) mass is 529 g/mol. The molecule has 3 heterocycles. The van der Waals surface area contributed by atoms with E-state index in [-0.39, 0.29) is 30.1 Å². The standard InChI is InChI=1S/C31H36FN5O2/c1-5-36-27(35-37(29(36)38)19-23-11-15-26(16-12-23)30(2,3)4)8-6-7-22-9-13-24(14-10-22)25-17-33-28(34-18-25)31(32)20-39-21-31/h9-18H,5-8,19-21H2,1-4H3. The molecular weight excluding hydrogens is 493 g/mol. The fourth-order valence-electron chi connectivity index (χ4n) is 4.81. The SMILES string of the molecule is CCn1c(CCCc2ccc(-c3cnc(C4(F)COC4)nc3)cc2)nn(Cc2ccc(C(C)(C)C)cc2)c1=O. The van der Waals surface area contributed by atoms with Gasteiger partial charge in [0, 0.05) is 30.9 Å². The van der Waals surface area contributed by atoms with Crippen LogP contribution in [0.2, 0.25) is 0 Å². The molecule has 7 nitrogen and oxygen atoms in total. The summed E-state index contributed by atoms with van der Waals surface area (Å²) in [6.45, 7) is 9.66. The number of hydrogen-bond donors (Lipinski definition) is 0. The molecule has 0 unspecified atom stereocenters. The Kier molecular flexibility index (Phi) is 7.49. The third-order valence-electron chi connectivity index (χ3n) is 7.34. The highest BCUT2D eigenvalue weighted by atomic mass is 19.1. The first kappa shape index (κ1) is 26.9. The van der Waals surface area contributed by atoms with Gasteiger partial charge in [0.15, 0.2) is 5.82 Å². The van der Waals surface area contributed by atoms with Crippen molar-refractivity contribution in [1.29, 1.82) is 0 Å². The second kappa shape index (κ2) is 10.8. The third-order valence-corrected chi connectivity index (χ3v) is 7.34. The van der Waals surface area contributed by atoms with E-state index >= 15 is 0 Å². The number of hydrogen-bond acceptors (Lipinski definition) is 5. The van der Waals surface area contributed by atoms with Gasteiger partial charge in [-0.05, 0) is 47.4 Å². The lowest BCUT2D eigenvalue weighted by atomic mass is 9.87. The molecule has 8 heteroatoms. The Labute approximate surface area is 228 Å². The summed E-state index contributed by atoms with van der Waals surface area (Å²) in [4.78, 5) is 21.4. The summed E-state index contributed by atoms with van der Waals surface area (Å²) < 4.78 is 22.7. The van der Waals surface area contributed by atoms with Gasteiger partial charge < -0.3 is 4.74 Å². The first-order valence-corrected chi connectivity index (χ1v) is 13.6. The van der Waals surface area contributed by atoms with Crippen molar-refractivity contribution in [3.05, 3.63) is 99.7 Å². The molecule has 0 radical (unpaired) electrons. The summed E-state index contributed by atoms with van der Waals surface area (Å²) >= 11 is 0. The van der Waals surface area contributed by atoms with Crippen LogP contribution in [0.3, 0.4) is 0 Å². The number of benzene rings is 2. The van der Waals surface area contributed by atoms with Gasteiger partial charge in [-0.15, -0.1) is 0 Å². The lowest BCUT2D eigenvalue weighted by molar-refractivity contribution is -0.140. The van der Waals surface area contributed by atoms with Crippen molar-refractivity contribution in [2.24, 2.45) is 0 Å². The van der Waals surface area contributed by atoms with Crippen LogP contribution in [0, 0.1) is 0 Å². The summed E-state index contributed by atoms with van der Waals surface area (Å²) in [5, 5.41) is 4.69. The second-order valence-corrected chi connectivity index (χ2v) is 11.4. The van der Waals surface area contributed by atoms with Crippen molar-refractivity contribution in [2.45, 2.75) is 71.1 Å². The minimum absolute atomic E-state index is 0.0150. The topological polar surface area (TPSA) is 74.8 Å². The van der Waals surface area contributed by atoms with E-state index in [9.17, 15) is 9.18 Å². The van der Waals surface area contributed by atoms with E-state index in [1.807, 2.05) is 19.1 Å². The van der Waals surface area contributed by atoms with Gasteiger partial charge in [-0.25, -0.2) is 23.8 Å². The molecule has 2 aromatic heterocycles. The van der Waals surface area contributed by atoms with Crippen LogP contribution in [0.15, 0.2) is 65.7 Å². The molecule has 1 aliphatic heterocycles. The highest BCUT2D eigenvalue weighted by Crippen LogP contribution is 2.31. The molecule has 0 bridgehead atoms. The van der Waals surface area contributed by atoms with Crippen LogP contribution in [0.5, 0.6) is 0 Å². The van der Waals surface area contributed by atoms with Gasteiger partial charge in [-0.2, -0.15) is 5.10 Å². The van der Waals surface area contributed by atoms with Crippen LogP contribution < -0.4 is 5.69 Å². The Bertz CT molecular complexity index is 1460. The Morgan fingerprint density at radius 1 is 0.923 bits per heavy atom. The lowest BCUT2D eigenvalue weighted by Crippen LogP contribution is -2.43. The number of nitrogens with zero attached hydrogens (tertiary/aromatic N) is 5. The van der Waals surface area contributed by atoms with Crippen LogP contribution in [0.1, 0.15) is 62.5 Å². The molecule has 4 aromatic rings. The van der Waals surface area contributed by atoms with Crippen LogP contribution in [0.25, 0.3) is 11.1 Å². The fourth-order valence-corrected chi connectivity index (χ4v) is 4.81. The van der Waals surface area contributed by atoms with Gasteiger partial charge in [-0.1, -0.05) is 69.3 Å². The Morgan fingerprint density at radius 3 is 2.13 bits per heavy atom. The highest BCUT2D eigenvalue weighted by Gasteiger charge is 2.43. The Hall–Kier alpha value is -3.65. The fraction of sp³-hybridized carbons (Fsp3) is 0.419. The van der Waals surface area contributed by atoms with Crippen molar-refractivity contribution in [2.75, 3.05) is 13.2 Å². The maximum absolute atomic E-state index is 14.4. The summed E-state index contributed by atoms with van der Waals surface area (Å²) in [5.74, 6) is 1.01.